The van der Waals surface area contributed by atoms with Crippen molar-refractivity contribution in [3.8, 4) is 0 Å². The van der Waals surface area contributed by atoms with Gasteiger partial charge in [0, 0.05) is 50.1 Å². The summed E-state index contributed by atoms with van der Waals surface area (Å²) in [5.41, 5.74) is 2.28. The van der Waals surface area contributed by atoms with E-state index >= 15 is 0 Å². The van der Waals surface area contributed by atoms with Gasteiger partial charge >= 0.3 is 0 Å². The van der Waals surface area contributed by atoms with Crippen molar-refractivity contribution in [3.05, 3.63) is 59.7 Å². The third-order valence-electron chi connectivity index (χ3n) is 6.31. The predicted molar refractivity (Wildman–Crippen MR) is 114 cm³/mol. The van der Waals surface area contributed by atoms with Crippen LogP contribution in [0.25, 0.3) is 0 Å². The molecule has 2 aliphatic rings. The highest BCUT2D eigenvalue weighted by Crippen LogP contribution is 2.31. The van der Waals surface area contributed by atoms with Crippen molar-refractivity contribution < 1.29 is 4.79 Å². The van der Waals surface area contributed by atoms with Crippen LogP contribution in [0.2, 0.25) is 0 Å². The lowest BCUT2D eigenvalue weighted by atomic mass is 9.98. The molecule has 1 amide bonds. The number of likely N-dealkylation sites (tertiary alicyclic amines) is 2. The molecule has 154 valence electrons. The SMILES string of the molecule is CCCc1ncc(CN2CCCC[C@H]3CN(C(=O)Cc4ccccc4)C[C@H]32)cn1. The molecule has 0 aliphatic carbocycles. The highest BCUT2D eigenvalue weighted by atomic mass is 16.2. The van der Waals surface area contributed by atoms with Crippen LogP contribution in [-0.2, 0) is 24.2 Å². The molecule has 2 atom stereocenters. The van der Waals surface area contributed by atoms with Crippen molar-refractivity contribution in [3.63, 3.8) is 0 Å². The number of rotatable bonds is 6. The van der Waals surface area contributed by atoms with Gasteiger partial charge < -0.3 is 4.90 Å². The van der Waals surface area contributed by atoms with E-state index in [2.05, 4.69) is 26.7 Å². The summed E-state index contributed by atoms with van der Waals surface area (Å²) in [7, 11) is 0. The molecule has 5 heteroatoms. The van der Waals surface area contributed by atoms with Gasteiger partial charge in [0.15, 0.2) is 0 Å². The summed E-state index contributed by atoms with van der Waals surface area (Å²) in [4.78, 5) is 26.6. The first-order valence-corrected chi connectivity index (χ1v) is 11.1. The summed E-state index contributed by atoms with van der Waals surface area (Å²) < 4.78 is 0. The van der Waals surface area contributed by atoms with Gasteiger partial charge in [-0.2, -0.15) is 0 Å². The number of nitrogens with zero attached hydrogens (tertiary/aromatic N) is 4. The number of carbonyl (C=O) groups is 1. The summed E-state index contributed by atoms with van der Waals surface area (Å²) >= 11 is 0. The molecule has 2 aromatic rings. The Morgan fingerprint density at radius 3 is 2.62 bits per heavy atom. The Morgan fingerprint density at radius 2 is 1.86 bits per heavy atom. The van der Waals surface area contributed by atoms with E-state index in [-0.39, 0.29) is 5.91 Å². The van der Waals surface area contributed by atoms with Crippen LogP contribution in [0.1, 0.15) is 49.6 Å². The van der Waals surface area contributed by atoms with Crippen LogP contribution in [-0.4, -0.2) is 51.4 Å². The van der Waals surface area contributed by atoms with Gasteiger partial charge in [-0.1, -0.05) is 43.7 Å². The number of amides is 1. The monoisotopic (exact) mass is 392 g/mol. The van der Waals surface area contributed by atoms with E-state index in [1.165, 1.54) is 24.8 Å². The van der Waals surface area contributed by atoms with Gasteiger partial charge in [0.05, 0.1) is 6.42 Å². The first-order valence-electron chi connectivity index (χ1n) is 11.1. The Labute approximate surface area is 174 Å². The zero-order valence-corrected chi connectivity index (χ0v) is 17.5. The molecular weight excluding hydrogens is 360 g/mol. The second kappa shape index (κ2) is 9.49. The fourth-order valence-corrected chi connectivity index (χ4v) is 4.77. The van der Waals surface area contributed by atoms with Crippen molar-refractivity contribution in [2.75, 3.05) is 19.6 Å². The molecule has 5 nitrogen and oxygen atoms in total. The topological polar surface area (TPSA) is 49.3 Å². The number of fused-ring (bicyclic) bond motifs is 1. The van der Waals surface area contributed by atoms with E-state index in [1.807, 2.05) is 42.7 Å². The van der Waals surface area contributed by atoms with Crippen LogP contribution in [0.3, 0.4) is 0 Å². The fourth-order valence-electron chi connectivity index (χ4n) is 4.77. The molecule has 0 bridgehead atoms. The van der Waals surface area contributed by atoms with Crippen LogP contribution in [0.15, 0.2) is 42.7 Å². The maximum Gasteiger partial charge on any atom is 0.227 e. The second-order valence-corrected chi connectivity index (χ2v) is 8.51. The van der Waals surface area contributed by atoms with E-state index < -0.39 is 0 Å². The summed E-state index contributed by atoms with van der Waals surface area (Å²) in [6, 6.07) is 10.5. The van der Waals surface area contributed by atoms with Gasteiger partial charge in [0.2, 0.25) is 5.91 Å². The molecule has 1 aromatic heterocycles. The molecule has 0 radical (unpaired) electrons. The van der Waals surface area contributed by atoms with Crippen LogP contribution in [0.5, 0.6) is 0 Å². The molecule has 4 rings (SSSR count). The highest BCUT2D eigenvalue weighted by molar-refractivity contribution is 5.79. The molecule has 0 N–H and O–H groups in total. The molecule has 1 aromatic carbocycles. The Balaban J connectivity index is 1.41. The largest absolute Gasteiger partial charge is 0.340 e. The van der Waals surface area contributed by atoms with Crippen molar-refractivity contribution in [1.29, 1.82) is 0 Å². The van der Waals surface area contributed by atoms with E-state index in [0.717, 1.165) is 50.4 Å². The fraction of sp³-hybridized carbons (Fsp3) is 0.542. The maximum absolute atomic E-state index is 12.9. The standard InChI is InChI=1S/C24H32N4O/c1-2-8-23-25-14-20(15-26-23)16-27-12-7-6-11-21-17-28(18-22(21)27)24(29)13-19-9-4-3-5-10-19/h3-5,9-10,14-15,21-22H,2,6-8,11-13,16-18H2,1H3/t21-,22+/m0/s1. The number of carbonyl (C=O) groups excluding carboxylic acids is 1. The zero-order chi connectivity index (χ0) is 20.1. The second-order valence-electron chi connectivity index (χ2n) is 8.51. The number of aryl methyl sites for hydroxylation is 1. The molecule has 3 heterocycles. The summed E-state index contributed by atoms with van der Waals surface area (Å²) in [6.45, 7) is 5.89. The first-order chi connectivity index (χ1) is 14.2. The van der Waals surface area contributed by atoms with Gasteiger partial charge in [-0.05, 0) is 37.3 Å². The van der Waals surface area contributed by atoms with Crippen molar-refractivity contribution in [2.24, 2.45) is 5.92 Å². The quantitative estimate of drug-likeness (QED) is 0.755. The first kappa shape index (κ1) is 20.0. The lowest BCUT2D eigenvalue weighted by molar-refractivity contribution is -0.129. The minimum absolute atomic E-state index is 0.261. The van der Waals surface area contributed by atoms with Gasteiger partial charge in [-0.15, -0.1) is 0 Å². The Bertz CT molecular complexity index is 792. The van der Waals surface area contributed by atoms with E-state index in [4.69, 9.17) is 0 Å². The molecule has 0 unspecified atom stereocenters. The maximum atomic E-state index is 12.9. The van der Waals surface area contributed by atoms with Crippen molar-refractivity contribution in [1.82, 2.24) is 19.8 Å². The Morgan fingerprint density at radius 1 is 1.07 bits per heavy atom. The molecule has 0 saturated carbocycles. The number of benzene rings is 1. The third-order valence-corrected chi connectivity index (χ3v) is 6.31. The molecule has 29 heavy (non-hydrogen) atoms. The van der Waals surface area contributed by atoms with Crippen LogP contribution in [0.4, 0.5) is 0 Å². The minimum Gasteiger partial charge on any atom is -0.340 e. The molecule has 2 saturated heterocycles. The predicted octanol–water partition coefficient (Wildman–Crippen LogP) is 3.48. The van der Waals surface area contributed by atoms with Gasteiger partial charge in [0.25, 0.3) is 0 Å². The van der Waals surface area contributed by atoms with E-state index in [1.54, 1.807) is 0 Å². The van der Waals surface area contributed by atoms with E-state index in [9.17, 15) is 4.79 Å². The van der Waals surface area contributed by atoms with Crippen LogP contribution in [0, 0.1) is 5.92 Å². The normalized spacial score (nSPS) is 22.3. The average molecular weight is 393 g/mol. The smallest absolute Gasteiger partial charge is 0.227 e. The highest BCUT2D eigenvalue weighted by Gasteiger charge is 2.39. The lowest BCUT2D eigenvalue weighted by Gasteiger charge is -2.29. The summed E-state index contributed by atoms with van der Waals surface area (Å²) in [6.07, 6.45) is 10.2. The lowest BCUT2D eigenvalue weighted by Crippen LogP contribution is -2.40. The zero-order valence-electron chi connectivity index (χ0n) is 17.5. The van der Waals surface area contributed by atoms with Crippen molar-refractivity contribution >= 4 is 5.91 Å². The summed E-state index contributed by atoms with van der Waals surface area (Å²) in [5, 5.41) is 0. The van der Waals surface area contributed by atoms with E-state index in [0.29, 0.717) is 18.4 Å². The molecule has 2 aliphatic heterocycles. The van der Waals surface area contributed by atoms with Crippen LogP contribution >= 0.6 is 0 Å². The molecule has 2 fully saturated rings. The Hall–Kier alpha value is -2.27. The van der Waals surface area contributed by atoms with Gasteiger partial charge in [-0.25, -0.2) is 9.97 Å². The van der Waals surface area contributed by atoms with Gasteiger partial charge in [0.1, 0.15) is 5.82 Å². The number of aromatic nitrogens is 2. The minimum atomic E-state index is 0.261. The number of hydrogen-bond acceptors (Lipinski definition) is 4. The summed E-state index contributed by atoms with van der Waals surface area (Å²) in [5.74, 6) is 1.78. The molecular formula is C24H32N4O. The molecule has 0 spiro atoms. The average Bonchev–Trinajstić information content (AvgIpc) is 3.08. The third kappa shape index (κ3) is 5.02. The van der Waals surface area contributed by atoms with Crippen molar-refractivity contribution in [2.45, 2.75) is 58.0 Å². The van der Waals surface area contributed by atoms with Gasteiger partial charge in [-0.3, -0.25) is 9.69 Å². The number of hydrogen-bond donors (Lipinski definition) is 0. The van der Waals surface area contributed by atoms with Crippen LogP contribution < -0.4 is 0 Å². The Kier molecular flexibility index (Phi) is 6.55.